The van der Waals surface area contributed by atoms with Crippen LogP contribution < -0.4 is 5.32 Å². The Hall–Kier alpha value is -2.44. The molecule has 7 nitrogen and oxygen atoms in total. The maximum atomic E-state index is 11.3. The molecule has 0 aliphatic heterocycles. The van der Waals surface area contributed by atoms with E-state index in [1.807, 2.05) is 33.0 Å². The van der Waals surface area contributed by atoms with Gasteiger partial charge in [-0.3, -0.25) is 4.68 Å². The van der Waals surface area contributed by atoms with Gasteiger partial charge in [0.05, 0.1) is 18.4 Å². The second kappa shape index (κ2) is 6.34. The van der Waals surface area contributed by atoms with E-state index in [-0.39, 0.29) is 17.7 Å². The molecule has 0 bridgehead atoms. The van der Waals surface area contributed by atoms with Crippen molar-refractivity contribution in [2.75, 3.05) is 5.32 Å². The molecular formula is C14H19N5O2. The highest BCUT2D eigenvalue weighted by Gasteiger charge is 2.17. The van der Waals surface area contributed by atoms with Crippen LogP contribution in [-0.2, 0) is 6.54 Å². The Morgan fingerprint density at radius 1 is 1.43 bits per heavy atom. The van der Waals surface area contributed by atoms with E-state index in [0.717, 1.165) is 0 Å². The van der Waals surface area contributed by atoms with Crippen LogP contribution in [0.4, 0.5) is 5.69 Å². The third-order valence-corrected chi connectivity index (χ3v) is 2.95. The Kier molecular flexibility index (Phi) is 4.52. The highest BCUT2D eigenvalue weighted by atomic mass is 16.4. The largest absolute Gasteiger partial charge is 0.476 e. The minimum Gasteiger partial charge on any atom is -0.476 e. The first kappa shape index (κ1) is 15.0. The molecule has 2 N–H and O–H groups in total. The van der Waals surface area contributed by atoms with Gasteiger partial charge < -0.3 is 10.4 Å². The van der Waals surface area contributed by atoms with Gasteiger partial charge in [0.25, 0.3) is 0 Å². The fourth-order valence-corrected chi connectivity index (χ4v) is 1.94. The van der Waals surface area contributed by atoms with Crippen LogP contribution in [0.3, 0.4) is 0 Å². The molecule has 21 heavy (non-hydrogen) atoms. The fraction of sp³-hybridized carbons (Fsp3) is 0.429. The van der Waals surface area contributed by atoms with Crippen molar-refractivity contribution in [1.82, 2.24) is 19.7 Å². The van der Waals surface area contributed by atoms with Crippen molar-refractivity contribution in [2.45, 2.75) is 39.3 Å². The van der Waals surface area contributed by atoms with E-state index in [9.17, 15) is 9.90 Å². The zero-order valence-corrected chi connectivity index (χ0v) is 12.3. The quantitative estimate of drug-likeness (QED) is 0.844. The van der Waals surface area contributed by atoms with Crippen molar-refractivity contribution < 1.29 is 9.90 Å². The summed E-state index contributed by atoms with van der Waals surface area (Å²) in [6, 6.07) is 1.84. The number of nitrogens with zero attached hydrogens (tertiary/aromatic N) is 4. The van der Waals surface area contributed by atoms with Gasteiger partial charge in [-0.25, -0.2) is 14.8 Å². The topological polar surface area (TPSA) is 92.9 Å². The Labute approximate surface area is 123 Å². The first-order valence-electron chi connectivity index (χ1n) is 6.81. The van der Waals surface area contributed by atoms with Gasteiger partial charge in [-0.1, -0.05) is 13.8 Å². The molecule has 0 fully saturated rings. The van der Waals surface area contributed by atoms with Crippen molar-refractivity contribution in [3.8, 4) is 0 Å². The molecule has 2 rings (SSSR count). The van der Waals surface area contributed by atoms with Crippen molar-refractivity contribution in [3.63, 3.8) is 0 Å². The smallest absolute Gasteiger partial charge is 0.356 e. The van der Waals surface area contributed by atoms with Crippen LogP contribution in [0.25, 0.3) is 0 Å². The average Bonchev–Trinajstić information content (AvgIpc) is 2.91. The number of aromatic nitrogens is 4. The Morgan fingerprint density at radius 3 is 2.76 bits per heavy atom. The molecular weight excluding hydrogens is 270 g/mol. The number of hydrogen-bond acceptors (Lipinski definition) is 5. The summed E-state index contributed by atoms with van der Waals surface area (Å²) < 4.78 is 1.78. The number of nitrogens with one attached hydrogen (secondary N) is 1. The number of aromatic carboxylic acids is 1. The van der Waals surface area contributed by atoms with Crippen LogP contribution in [0.5, 0.6) is 0 Å². The molecule has 0 radical (unpaired) electrons. The van der Waals surface area contributed by atoms with E-state index in [2.05, 4.69) is 20.4 Å². The molecule has 0 spiro atoms. The molecule has 2 heterocycles. The Balaban J connectivity index is 2.16. The number of rotatable bonds is 6. The van der Waals surface area contributed by atoms with Gasteiger partial charge in [0.15, 0.2) is 5.69 Å². The fourth-order valence-electron chi connectivity index (χ4n) is 1.94. The minimum absolute atomic E-state index is 0.000940. The minimum atomic E-state index is -1.06. The van der Waals surface area contributed by atoms with Crippen LogP contribution >= 0.6 is 0 Å². The zero-order valence-electron chi connectivity index (χ0n) is 12.3. The molecule has 0 saturated carbocycles. The van der Waals surface area contributed by atoms with Gasteiger partial charge in [-0.2, -0.15) is 5.10 Å². The number of carboxylic acids is 1. The van der Waals surface area contributed by atoms with E-state index in [1.165, 1.54) is 6.20 Å². The lowest BCUT2D eigenvalue weighted by atomic mass is 10.2. The predicted molar refractivity (Wildman–Crippen MR) is 78.4 cm³/mol. The predicted octanol–water partition coefficient (Wildman–Crippen LogP) is 2.00. The van der Waals surface area contributed by atoms with Gasteiger partial charge >= 0.3 is 5.97 Å². The van der Waals surface area contributed by atoms with Gasteiger partial charge in [0.2, 0.25) is 0 Å². The SMILES string of the molecule is CC(Cn1cccn1)Nc1cnc(C(C)C)nc1C(=O)O. The number of hydrogen-bond donors (Lipinski definition) is 2. The van der Waals surface area contributed by atoms with Gasteiger partial charge in [-0.15, -0.1) is 0 Å². The third-order valence-electron chi connectivity index (χ3n) is 2.95. The number of carboxylic acid groups (broad SMARTS) is 1. The van der Waals surface area contributed by atoms with Crippen LogP contribution in [0, 0.1) is 0 Å². The molecule has 0 aliphatic rings. The summed E-state index contributed by atoms with van der Waals surface area (Å²) in [5.74, 6) is -0.454. The molecule has 0 aliphatic carbocycles. The van der Waals surface area contributed by atoms with E-state index in [4.69, 9.17) is 0 Å². The number of anilines is 1. The molecule has 2 aromatic rings. The zero-order chi connectivity index (χ0) is 15.4. The second-order valence-corrected chi connectivity index (χ2v) is 5.22. The summed E-state index contributed by atoms with van der Waals surface area (Å²) >= 11 is 0. The lowest BCUT2D eigenvalue weighted by molar-refractivity contribution is 0.0691. The van der Waals surface area contributed by atoms with Gasteiger partial charge in [0, 0.05) is 24.4 Å². The second-order valence-electron chi connectivity index (χ2n) is 5.22. The molecule has 0 aromatic carbocycles. The number of carbonyl (C=O) groups is 1. The monoisotopic (exact) mass is 289 g/mol. The normalized spacial score (nSPS) is 12.4. The lowest BCUT2D eigenvalue weighted by Gasteiger charge is -2.17. The highest BCUT2D eigenvalue weighted by molar-refractivity contribution is 5.91. The maximum absolute atomic E-state index is 11.3. The summed E-state index contributed by atoms with van der Waals surface area (Å²) in [7, 11) is 0. The first-order valence-corrected chi connectivity index (χ1v) is 6.81. The Bertz CT molecular complexity index is 610. The summed E-state index contributed by atoms with van der Waals surface area (Å²) in [5, 5.41) is 16.5. The van der Waals surface area contributed by atoms with Crippen molar-refractivity contribution >= 4 is 11.7 Å². The maximum Gasteiger partial charge on any atom is 0.356 e. The summed E-state index contributed by atoms with van der Waals surface area (Å²) in [6.07, 6.45) is 5.09. The van der Waals surface area contributed by atoms with E-state index in [0.29, 0.717) is 18.1 Å². The van der Waals surface area contributed by atoms with Gasteiger partial charge in [0.1, 0.15) is 5.82 Å². The standard InChI is InChI=1S/C14H19N5O2/c1-9(2)13-15-7-11(12(18-13)14(20)21)17-10(3)8-19-6-4-5-16-19/h4-7,9-10,17H,8H2,1-3H3,(H,20,21). The van der Waals surface area contributed by atoms with E-state index in [1.54, 1.807) is 10.9 Å². The summed E-state index contributed by atoms with van der Waals surface area (Å²) in [6.45, 7) is 6.42. The lowest BCUT2D eigenvalue weighted by Crippen LogP contribution is -2.24. The first-order chi connectivity index (χ1) is 9.97. The molecule has 7 heteroatoms. The van der Waals surface area contributed by atoms with E-state index < -0.39 is 5.97 Å². The van der Waals surface area contributed by atoms with Crippen LogP contribution in [-0.4, -0.2) is 36.9 Å². The van der Waals surface area contributed by atoms with Gasteiger partial charge in [-0.05, 0) is 13.0 Å². The van der Waals surface area contributed by atoms with Crippen molar-refractivity contribution in [3.05, 3.63) is 36.2 Å². The molecule has 2 aromatic heterocycles. The molecule has 1 unspecified atom stereocenters. The summed E-state index contributed by atoms with van der Waals surface area (Å²) in [5.41, 5.74) is 0.424. The third kappa shape index (κ3) is 3.77. The van der Waals surface area contributed by atoms with E-state index >= 15 is 0 Å². The molecule has 112 valence electrons. The highest BCUT2D eigenvalue weighted by Crippen LogP contribution is 2.17. The molecule has 1 atom stereocenters. The Morgan fingerprint density at radius 2 is 2.19 bits per heavy atom. The average molecular weight is 289 g/mol. The molecule has 0 saturated heterocycles. The van der Waals surface area contributed by atoms with Crippen molar-refractivity contribution in [2.24, 2.45) is 0 Å². The van der Waals surface area contributed by atoms with Crippen LogP contribution in [0.2, 0.25) is 0 Å². The van der Waals surface area contributed by atoms with Crippen molar-refractivity contribution in [1.29, 1.82) is 0 Å². The summed E-state index contributed by atoms with van der Waals surface area (Å²) in [4.78, 5) is 19.7. The van der Waals surface area contributed by atoms with Crippen LogP contribution in [0.1, 0.15) is 43.0 Å². The molecule has 0 amide bonds. The van der Waals surface area contributed by atoms with Crippen LogP contribution in [0.15, 0.2) is 24.7 Å².